The van der Waals surface area contributed by atoms with Crippen molar-refractivity contribution in [3.63, 3.8) is 0 Å². The van der Waals surface area contributed by atoms with Crippen molar-refractivity contribution in [1.82, 2.24) is 4.98 Å². The van der Waals surface area contributed by atoms with Gasteiger partial charge in [0.1, 0.15) is 5.82 Å². The van der Waals surface area contributed by atoms with Gasteiger partial charge < -0.3 is 5.32 Å². The van der Waals surface area contributed by atoms with Gasteiger partial charge in [-0.2, -0.15) is 0 Å². The Labute approximate surface area is 113 Å². The fraction of sp³-hybridized carbons (Fsp3) is 0.250. The summed E-state index contributed by atoms with van der Waals surface area (Å²) in [6.45, 7) is 6.08. The van der Waals surface area contributed by atoms with Gasteiger partial charge in [-0.3, -0.25) is 4.79 Å². The Kier molecular flexibility index (Phi) is 3.95. The topological polar surface area (TPSA) is 42.0 Å². The maximum absolute atomic E-state index is 12.3. The number of rotatable bonds is 4. The lowest BCUT2D eigenvalue weighted by Crippen LogP contribution is -2.13. The lowest BCUT2D eigenvalue weighted by atomic mass is 10.0. The number of aryl methyl sites for hydroxylation is 1. The largest absolute Gasteiger partial charge is 0.368 e. The zero-order valence-electron chi connectivity index (χ0n) is 11.5. The smallest absolute Gasteiger partial charge is 0.194 e. The van der Waals surface area contributed by atoms with E-state index < -0.39 is 0 Å². The molecule has 0 bridgehead atoms. The van der Waals surface area contributed by atoms with Crippen LogP contribution < -0.4 is 5.32 Å². The average Bonchev–Trinajstić information content (AvgIpc) is 2.41. The van der Waals surface area contributed by atoms with Gasteiger partial charge in [0.15, 0.2) is 5.78 Å². The SMILES string of the molecule is Cc1cc(C(=O)c2ccccc2)cnc1NC(C)C. The lowest BCUT2D eigenvalue weighted by Gasteiger charge is -2.12. The van der Waals surface area contributed by atoms with Crippen molar-refractivity contribution in [3.8, 4) is 0 Å². The van der Waals surface area contributed by atoms with E-state index in [9.17, 15) is 4.79 Å². The van der Waals surface area contributed by atoms with E-state index >= 15 is 0 Å². The van der Waals surface area contributed by atoms with E-state index in [2.05, 4.69) is 24.1 Å². The number of benzene rings is 1. The third kappa shape index (κ3) is 3.19. The summed E-state index contributed by atoms with van der Waals surface area (Å²) < 4.78 is 0. The number of carbonyl (C=O) groups excluding carboxylic acids is 1. The normalized spacial score (nSPS) is 10.5. The van der Waals surface area contributed by atoms with Crippen LogP contribution in [0.3, 0.4) is 0 Å². The van der Waals surface area contributed by atoms with Crippen LogP contribution in [0.25, 0.3) is 0 Å². The highest BCUT2D eigenvalue weighted by molar-refractivity contribution is 6.09. The summed E-state index contributed by atoms with van der Waals surface area (Å²) in [5.41, 5.74) is 2.29. The molecular weight excluding hydrogens is 236 g/mol. The van der Waals surface area contributed by atoms with Crippen molar-refractivity contribution in [2.45, 2.75) is 26.8 Å². The molecule has 19 heavy (non-hydrogen) atoms. The van der Waals surface area contributed by atoms with Crippen LogP contribution >= 0.6 is 0 Å². The molecule has 1 aromatic heterocycles. The third-order valence-corrected chi connectivity index (χ3v) is 2.80. The van der Waals surface area contributed by atoms with Gasteiger partial charge in [0, 0.05) is 23.4 Å². The molecule has 0 spiro atoms. The van der Waals surface area contributed by atoms with E-state index in [0.29, 0.717) is 17.2 Å². The molecule has 2 rings (SSSR count). The number of nitrogens with zero attached hydrogens (tertiary/aromatic N) is 1. The van der Waals surface area contributed by atoms with Gasteiger partial charge >= 0.3 is 0 Å². The molecule has 1 heterocycles. The highest BCUT2D eigenvalue weighted by Crippen LogP contribution is 2.16. The number of nitrogens with one attached hydrogen (secondary N) is 1. The van der Waals surface area contributed by atoms with Crippen molar-refractivity contribution < 1.29 is 4.79 Å². The maximum Gasteiger partial charge on any atom is 0.194 e. The van der Waals surface area contributed by atoms with Gasteiger partial charge in [-0.15, -0.1) is 0 Å². The highest BCUT2D eigenvalue weighted by Gasteiger charge is 2.11. The first kappa shape index (κ1) is 13.3. The van der Waals surface area contributed by atoms with Crippen LogP contribution in [0.4, 0.5) is 5.82 Å². The number of hydrogen-bond donors (Lipinski definition) is 1. The monoisotopic (exact) mass is 254 g/mol. The van der Waals surface area contributed by atoms with Crippen LogP contribution in [0, 0.1) is 6.92 Å². The molecule has 0 aliphatic heterocycles. The summed E-state index contributed by atoms with van der Waals surface area (Å²) >= 11 is 0. The molecule has 98 valence electrons. The molecule has 1 aromatic carbocycles. The first-order valence-corrected chi connectivity index (χ1v) is 6.41. The van der Waals surface area contributed by atoms with E-state index in [1.54, 1.807) is 6.20 Å². The zero-order chi connectivity index (χ0) is 13.8. The molecule has 3 nitrogen and oxygen atoms in total. The minimum absolute atomic E-state index is 0.00676. The molecule has 1 N–H and O–H groups in total. The van der Waals surface area contributed by atoms with Crippen molar-refractivity contribution in [3.05, 3.63) is 59.3 Å². The maximum atomic E-state index is 12.3. The van der Waals surface area contributed by atoms with Crippen molar-refractivity contribution in [2.24, 2.45) is 0 Å². The van der Waals surface area contributed by atoms with Crippen LogP contribution in [-0.4, -0.2) is 16.8 Å². The second-order valence-electron chi connectivity index (χ2n) is 4.88. The highest BCUT2D eigenvalue weighted by atomic mass is 16.1. The molecule has 0 aliphatic rings. The molecule has 3 heteroatoms. The molecule has 0 unspecified atom stereocenters. The molecule has 0 fully saturated rings. The van der Waals surface area contributed by atoms with Gasteiger partial charge in [0.05, 0.1) is 0 Å². The predicted octanol–water partition coefficient (Wildman–Crippen LogP) is 3.44. The minimum Gasteiger partial charge on any atom is -0.368 e. The van der Waals surface area contributed by atoms with E-state index in [1.165, 1.54) is 0 Å². The van der Waals surface area contributed by atoms with Crippen molar-refractivity contribution in [2.75, 3.05) is 5.32 Å². The Bertz CT molecular complexity index is 577. The Morgan fingerprint density at radius 1 is 1.16 bits per heavy atom. The van der Waals surface area contributed by atoms with Gasteiger partial charge in [-0.25, -0.2) is 4.98 Å². The molecule has 0 aliphatic carbocycles. The number of aromatic nitrogens is 1. The molecule has 0 saturated carbocycles. The van der Waals surface area contributed by atoms with Gasteiger partial charge in [-0.1, -0.05) is 30.3 Å². The van der Waals surface area contributed by atoms with Gasteiger partial charge in [0.25, 0.3) is 0 Å². The second kappa shape index (κ2) is 5.65. The van der Waals surface area contributed by atoms with Crippen molar-refractivity contribution >= 4 is 11.6 Å². The summed E-state index contributed by atoms with van der Waals surface area (Å²) in [4.78, 5) is 16.6. The van der Waals surface area contributed by atoms with E-state index in [0.717, 1.165) is 11.4 Å². The van der Waals surface area contributed by atoms with Crippen LogP contribution in [0.1, 0.15) is 35.3 Å². The molecule has 0 amide bonds. The average molecular weight is 254 g/mol. The van der Waals surface area contributed by atoms with Crippen LogP contribution in [0.5, 0.6) is 0 Å². The Balaban J connectivity index is 2.27. The first-order valence-electron chi connectivity index (χ1n) is 6.41. The Morgan fingerprint density at radius 2 is 1.84 bits per heavy atom. The summed E-state index contributed by atoms with van der Waals surface area (Å²) in [6.07, 6.45) is 1.63. The summed E-state index contributed by atoms with van der Waals surface area (Å²) in [5, 5.41) is 3.26. The molecule has 0 radical (unpaired) electrons. The van der Waals surface area contributed by atoms with E-state index in [4.69, 9.17) is 0 Å². The number of anilines is 1. The molecule has 2 aromatic rings. The lowest BCUT2D eigenvalue weighted by molar-refractivity contribution is 0.103. The van der Waals surface area contributed by atoms with E-state index in [-0.39, 0.29) is 5.78 Å². The standard InChI is InChI=1S/C16H18N2O/c1-11(2)18-16-12(3)9-14(10-17-16)15(19)13-7-5-4-6-8-13/h4-11H,1-3H3,(H,17,18). The number of hydrogen-bond acceptors (Lipinski definition) is 3. The quantitative estimate of drug-likeness (QED) is 0.850. The van der Waals surface area contributed by atoms with Crippen LogP contribution in [-0.2, 0) is 0 Å². The predicted molar refractivity (Wildman–Crippen MR) is 77.6 cm³/mol. The second-order valence-corrected chi connectivity index (χ2v) is 4.88. The minimum atomic E-state index is 0.00676. The zero-order valence-corrected chi connectivity index (χ0v) is 11.5. The third-order valence-electron chi connectivity index (χ3n) is 2.80. The van der Waals surface area contributed by atoms with E-state index in [1.807, 2.05) is 43.3 Å². The fourth-order valence-corrected chi connectivity index (χ4v) is 1.88. The van der Waals surface area contributed by atoms with Crippen LogP contribution in [0.2, 0.25) is 0 Å². The first-order chi connectivity index (χ1) is 9.08. The summed E-state index contributed by atoms with van der Waals surface area (Å²) in [7, 11) is 0. The fourth-order valence-electron chi connectivity index (χ4n) is 1.88. The molecule has 0 saturated heterocycles. The molecule has 0 atom stereocenters. The number of carbonyl (C=O) groups is 1. The van der Waals surface area contributed by atoms with Crippen LogP contribution in [0.15, 0.2) is 42.6 Å². The Hall–Kier alpha value is -2.16. The van der Waals surface area contributed by atoms with Gasteiger partial charge in [-0.05, 0) is 32.4 Å². The summed E-state index contributed by atoms with van der Waals surface area (Å²) in [6, 6.07) is 11.5. The Morgan fingerprint density at radius 3 is 2.42 bits per heavy atom. The number of pyridine rings is 1. The van der Waals surface area contributed by atoms with Crippen molar-refractivity contribution in [1.29, 1.82) is 0 Å². The van der Waals surface area contributed by atoms with Gasteiger partial charge in [0.2, 0.25) is 0 Å². The molecular formula is C16H18N2O. The summed E-state index contributed by atoms with van der Waals surface area (Å²) in [5.74, 6) is 0.840. The number of ketones is 1.